The lowest BCUT2D eigenvalue weighted by molar-refractivity contribution is 0.0692. The molecular formula is C15H18FN3O3. The Morgan fingerprint density at radius 3 is 2.91 bits per heavy atom. The molecule has 1 aromatic heterocycles. The van der Waals surface area contributed by atoms with Crippen LogP contribution in [0.25, 0.3) is 5.69 Å². The van der Waals surface area contributed by atoms with E-state index in [1.54, 1.807) is 31.6 Å². The summed E-state index contributed by atoms with van der Waals surface area (Å²) in [5.74, 6) is -1.09. The van der Waals surface area contributed by atoms with E-state index in [9.17, 15) is 9.18 Å². The highest BCUT2D eigenvalue weighted by Crippen LogP contribution is 2.17. The van der Waals surface area contributed by atoms with Crippen LogP contribution in [-0.2, 0) is 9.47 Å². The predicted molar refractivity (Wildman–Crippen MR) is 78.6 cm³/mol. The number of rotatable bonds is 8. The Morgan fingerprint density at radius 2 is 2.18 bits per heavy atom. The van der Waals surface area contributed by atoms with E-state index in [0.717, 1.165) is 0 Å². The van der Waals surface area contributed by atoms with E-state index in [-0.39, 0.29) is 12.1 Å². The second-order valence-corrected chi connectivity index (χ2v) is 4.45. The number of nitrogens with one attached hydrogen (secondary N) is 1. The van der Waals surface area contributed by atoms with E-state index in [0.29, 0.717) is 25.5 Å². The molecule has 2 aromatic rings. The van der Waals surface area contributed by atoms with Crippen LogP contribution in [0.3, 0.4) is 0 Å². The minimum Gasteiger partial charge on any atom is -0.382 e. The van der Waals surface area contributed by atoms with Gasteiger partial charge in [0.15, 0.2) is 0 Å². The van der Waals surface area contributed by atoms with Crippen LogP contribution in [0.1, 0.15) is 10.4 Å². The summed E-state index contributed by atoms with van der Waals surface area (Å²) >= 11 is 0. The standard InChI is InChI=1S/C15H18FN3O3/c1-21-10-11-22-9-7-17-15(20)14-12(16)4-2-5-13(14)19-8-3-6-18-19/h2-6,8H,7,9-11H2,1H3,(H,17,20). The summed E-state index contributed by atoms with van der Waals surface area (Å²) in [5.41, 5.74) is 0.353. The molecule has 0 unspecified atom stereocenters. The summed E-state index contributed by atoms with van der Waals surface area (Å²) in [5, 5.41) is 6.67. The maximum absolute atomic E-state index is 14.0. The van der Waals surface area contributed by atoms with Gasteiger partial charge in [0.25, 0.3) is 5.91 Å². The summed E-state index contributed by atoms with van der Waals surface area (Å²) in [6.45, 7) is 1.56. The van der Waals surface area contributed by atoms with Crippen LogP contribution in [0.15, 0.2) is 36.7 Å². The van der Waals surface area contributed by atoms with E-state index in [1.165, 1.54) is 16.8 Å². The molecule has 1 heterocycles. The van der Waals surface area contributed by atoms with Crippen LogP contribution in [-0.4, -0.2) is 49.2 Å². The van der Waals surface area contributed by atoms with Crippen LogP contribution in [0, 0.1) is 5.82 Å². The largest absolute Gasteiger partial charge is 0.382 e. The number of carbonyl (C=O) groups excluding carboxylic acids is 1. The number of aromatic nitrogens is 2. The number of hydrogen-bond acceptors (Lipinski definition) is 4. The fourth-order valence-electron chi connectivity index (χ4n) is 1.91. The Balaban J connectivity index is 2.00. The zero-order chi connectivity index (χ0) is 15.8. The van der Waals surface area contributed by atoms with Crippen molar-refractivity contribution in [3.05, 3.63) is 48.0 Å². The zero-order valence-electron chi connectivity index (χ0n) is 12.3. The molecule has 0 aliphatic rings. The fourth-order valence-corrected chi connectivity index (χ4v) is 1.91. The Labute approximate surface area is 127 Å². The average Bonchev–Trinajstić information content (AvgIpc) is 3.04. The van der Waals surface area contributed by atoms with Gasteiger partial charge < -0.3 is 14.8 Å². The van der Waals surface area contributed by atoms with Gasteiger partial charge in [0.2, 0.25) is 0 Å². The van der Waals surface area contributed by atoms with Crippen molar-refractivity contribution in [2.24, 2.45) is 0 Å². The third-order valence-electron chi connectivity index (χ3n) is 2.93. The van der Waals surface area contributed by atoms with Crippen LogP contribution >= 0.6 is 0 Å². The van der Waals surface area contributed by atoms with E-state index >= 15 is 0 Å². The molecule has 0 aliphatic carbocycles. The van der Waals surface area contributed by atoms with Crippen molar-refractivity contribution >= 4 is 5.91 Å². The molecule has 1 amide bonds. The summed E-state index contributed by atoms with van der Waals surface area (Å²) in [4.78, 5) is 12.2. The highest BCUT2D eigenvalue weighted by atomic mass is 19.1. The third kappa shape index (κ3) is 4.12. The molecule has 6 nitrogen and oxygen atoms in total. The molecule has 0 saturated heterocycles. The first-order valence-corrected chi connectivity index (χ1v) is 6.87. The maximum atomic E-state index is 14.0. The molecule has 0 fully saturated rings. The average molecular weight is 307 g/mol. The number of benzene rings is 1. The highest BCUT2D eigenvalue weighted by Gasteiger charge is 2.17. The second kappa shape index (κ2) is 8.26. The first-order valence-electron chi connectivity index (χ1n) is 6.87. The number of nitrogens with zero attached hydrogens (tertiary/aromatic N) is 2. The number of carbonyl (C=O) groups is 1. The van der Waals surface area contributed by atoms with Gasteiger partial charge in [0.1, 0.15) is 11.4 Å². The molecule has 0 spiro atoms. The van der Waals surface area contributed by atoms with Gasteiger partial charge in [0.05, 0.1) is 25.5 Å². The van der Waals surface area contributed by atoms with Gasteiger partial charge in [-0.25, -0.2) is 9.07 Å². The molecule has 0 aliphatic heterocycles. The monoisotopic (exact) mass is 307 g/mol. The number of halogens is 1. The van der Waals surface area contributed by atoms with Gasteiger partial charge in [-0.1, -0.05) is 6.07 Å². The lowest BCUT2D eigenvalue weighted by atomic mass is 10.1. The third-order valence-corrected chi connectivity index (χ3v) is 2.93. The lowest BCUT2D eigenvalue weighted by Crippen LogP contribution is -2.29. The minimum atomic E-state index is -0.592. The quantitative estimate of drug-likeness (QED) is 0.749. The normalized spacial score (nSPS) is 10.6. The van der Waals surface area contributed by atoms with Crippen molar-refractivity contribution < 1.29 is 18.7 Å². The fraction of sp³-hybridized carbons (Fsp3) is 0.333. The second-order valence-electron chi connectivity index (χ2n) is 4.45. The van der Waals surface area contributed by atoms with Gasteiger partial charge in [-0.3, -0.25) is 4.79 Å². The first kappa shape index (κ1) is 16.1. The number of ether oxygens (including phenoxy) is 2. The first-order chi connectivity index (χ1) is 10.7. The van der Waals surface area contributed by atoms with Gasteiger partial charge in [0, 0.05) is 26.0 Å². The smallest absolute Gasteiger partial charge is 0.256 e. The van der Waals surface area contributed by atoms with Gasteiger partial charge in [-0.15, -0.1) is 0 Å². The number of methoxy groups -OCH3 is 1. The molecule has 1 N–H and O–H groups in total. The Hall–Kier alpha value is -2.25. The molecule has 0 atom stereocenters. The summed E-state index contributed by atoms with van der Waals surface area (Å²) in [6, 6.07) is 6.13. The van der Waals surface area contributed by atoms with Crippen LogP contribution in [0.5, 0.6) is 0 Å². The van der Waals surface area contributed by atoms with Crippen LogP contribution in [0.4, 0.5) is 4.39 Å². The van der Waals surface area contributed by atoms with Crippen molar-refractivity contribution in [2.75, 3.05) is 33.5 Å². The van der Waals surface area contributed by atoms with Crippen molar-refractivity contribution in [2.45, 2.75) is 0 Å². The highest BCUT2D eigenvalue weighted by molar-refractivity contribution is 5.98. The molecule has 118 valence electrons. The molecule has 7 heteroatoms. The topological polar surface area (TPSA) is 65.4 Å². The Morgan fingerprint density at radius 1 is 1.32 bits per heavy atom. The van der Waals surface area contributed by atoms with E-state index in [2.05, 4.69) is 10.4 Å². The summed E-state index contributed by atoms with van der Waals surface area (Å²) in [7, 11) is 1.58. The molecule has 1 aromatic carbocycles. The van der Waals surface area contributed by atoms with Gasteiger partial charge in [-0.2, -0.15) is 5.10 Å². The Bertz CT molecular complexity index is 602. The Kier molecular flexibility index (Phi) is 6.05. The number of hydrogen-bond donors (Lipinski definition) is 1. The predicted octanol–water partition coefficient (Wildman–Crippen LogP) is 1.40. The van der Waals surface area contributed by atoms with Crippen molar-refractivity contribution in [3.8, 4) is 5.69 Å². The zero-order valence-corrected chi connectivity index (χ0v) is 12.3. The molecule has 0 radical (unpaired) electrons. The maximum Gasteiger partial charge on any atom is 0.256 e. The molecule has 0 saturated carbocycles. The number of amides is 1. The van der Waals surface area contributed by atoms with E-state index in [4.69, 9.17) is 9.47 Å². The van der Waals surface area contributed by atoms with Crippen molar-refractivity contribution in [3.63, 3.8) is 0 Å². The molecule has 0 bridgehead atoms. The molecular weight excluding hydrogens is 289 g/mol. The lowest BCUT2D eigenvalue weighted by Gasteiger charge is -2.11. The molecule has 2 rings (SSSR count). The van der Waals surface area contributed by atoms with Crippen molar-refractivity contribution in [1.29, 1.82) is 0 Å². The SMILES string of the molecule is COCCOCCNC(=O)c1c(F)cccc1-n1cccn1. The van der Waals surface area contributed by atoms with Crippen LogP contribution < -0.4 is 5.32 Å². The van der Waals surface area contributed by atoms with Crippen LogP contribution in [0.2, 0.25) is 0 Å². The van der Waals surface area contributed by atoms with E-state index < -0.39 is 11.7 Å². The molecule has 22 heavy (non-hydrogen) atoms. The minimum absolute atomic E-state index is 0.0388. The van der Waals surface area contributed by atoms with E-state index in [1.807, 2.05) is 0 Å². The summed E-state index contributed by atoms with van der Waals surface area (Å²) < 4.78 is 25.6. The van der Waals surface area contributed by atoms with Gasteiger partial charge >= 0.3 is 0 Å². The summed E-state index contributed by atoms with van der Waals surface area (Å²) in [6.07, 6.45) is 3.22. The van der Waals surface area contributed by atoms with Gasteiger partial charge in [-0.05, 0) is 18.2 Å². The van der Waals surface area contributed by atoms with Crippen molar-refractivity contribution in [1.82, 2.24) is 15.1 Å².